The van der Waals surface area contributed by atoms with Gasteiger partial charge in [0.25, 0.3) is 0 Å². The molecule has 0 fully saturated rings. The van der Waals surface area contributed by atoms with Crippen LogP contribution in [0, 0.1) is 0 Å². The SMILES string of the molecule is CCOC(=O)COc1ccc(/C=C/C(=O)c2ccc(Cl)c(Cl)c2)cc1. The topological polar surface area (TPSA) is 52.6 Å². The predicted octanol–water partition coefficient (Wildman–Crippen LogP) is 4.83. The lowest BCUT2D eigenvalue weighted by Gasteiger charge is -2.05. The van der Waals surface area contributed by atoms with Crippen LogP contribution in [-0.4, -0.2) is 25.0 Å². The molecule has 2 rings (SSSR count). The zero-order valence-corrected chi connectivity index (χ0v) is 15.0. The lowest BCUT2D eigenvalue weighted by molar-refractivity contribution is -0.145. The Labute approximate surface area is 156 Å². The van der Waals surface area contributed by atoms with E-state index in [9.17, 15) is 9.59 Å². The highest BCUT2D eigenvalue weighted by Gasteiger charge is 2.05. The zero-order chi connectivity index (χ0) is 18.2. The first kappa shape index (κ1) is 19.0. The number of ether oxygens (including phenoxy) is 2. The van der Waals surface area contributed by atoms with Gasteiger partial charge in [-0.25, -0.2) is 4.79 Å². The molecule has 0 aliphatic carbocycles. The van der Waals surface area contributed by atoms with E-state index >= 15 is 0 Å². The van der Waals surface area contributed by atoms with Crippen LogP contribution in [0.1, 0.15) is 22.8 Å². The van der Waals surface area contributed by atoms with Crippen LogP contribution in [0.5, 0.6) is 5.75 Å². The molecule has 0 bridgehead atoms. The van der Waals surface area contributed by atoms with Gasteiger partial charge in [0.05, 0.1) is 16.7 Å². The Kier molecular flexibility index (Phi) is 7.04. The third-order valence-electron chi connectivity index (χ3n) is 3.17. The molecule has 0 aliphatic heterocycles. The molecule has 2 aromatic carbocycles. The van der Waals surface area contributed by atoms with Crippen molar-refractivity contribution in [2.45, 2.75) is 6.92 Å². The van der Waals surface area contributed by atoms with Crippen LogP contribution < -0.4 is 4.74 Å². The second-order valence-electron chi connectivity index (χ2n) is 4.99. The van der Waals surface area contributed by atoms with E-state index in [0.29, 0.717) is 28.0 Å². The lowest BCUT2D eigenvalue weighted by atomic mass is 10.1. The first-order valence-electron chi connectivity index (χ1n) is 7.55. The third-order valence-corrected chi connectivity index (χ3v) is 3.91. The molecule has 2 aromatic rings. The van der Waals surface area contributed by atoms with Gasteiger partial charge in [0.1, 0.15) is 5.75 Å². The van der Waals surface area contributed by atoms with Crippen LogP contribution in [0.3, 0.4) is 0 Å². The van der Waals surface area contributed by atoms with Gasteiger partial charge in [0.2, 0.25) is 0 Å². The summed E-state index contributed by atoms with van der Waals surface area (Å²) >= 11 is 11.7. The lowest BCUT2D eigenvalue weighted by Crippen LogP contribution is -2.14. The molecule has 0 aromatic heterocycles. The molecule has 4 nitrogen and oxygen atoms in total. The van der Waals surface area contributed by atoms with Crippen LogP contribution in [0.4, 0.5) is 0 Å². The molecule has 0 N–H and O–H groups in total. The number of carbonyl (C=O) groups is 2. The maximum absolute atomic E-state index is 12.1. The highest BCUT2D eigenvalue weighted by molar-refractivity contribution is 6.42. The minimum absolute atomic E-state index is 0.140. The maximum atomic E-state index is 12.1. The average molecular weight is 379 g/mol. The number of allylic oxidation sites excluding steroid dienone is 1. The normalized spacial score (nSPS) is 10.7. The van der Waals surface area contributed by atoms with Gasteiger partial charge in [-0.05, 0) is 48.9 Å². The maximum Gasteiger partial charge on any atom is 0.344 e. The van der Waals surface area contributed by atoms with Crippen molar-refractivity contribution in [3.63, 3.8) is 0 Å². The van der Waals surface area contributed by atoms with E-state index in [0.717, 1.165) is 5.56 Å². The Morgan fingerprint density at radius 3 is 2.40 bits per heavy atom. The minimum atomic E-state index is -0.418. The standard InChI is InChI=1S/C19H16Cl2O4/c1-2-24-19(23)12-25-15-7-3-13(4-8-15)5-10-18(22)14-6-9-16(20)17(21)11-14/h3-11H,2,12H2,1H3/b10-5+. The fourth-order valence-corrected chi connectivity index (χ4v) is 2.24. The molecule has 130 valence electrons. The van der Waals surface area contributed by atoms with Crippen LogP contribution in [0.25, 0.3) is 6.08 Å². The van der Waals surface area contributed by atoms with Gasteiger partial charge in [0.15, 0.2) is 12.4 Å². The Morgan fingerprint density at radius 2 is 1.76 bits per heavy atom. The number of halogens is 2. The molecule has 6 heteroatoms. The number of ketones is 1. The highest BCUT2D eigenvalue weighted by atomic mass is 35.5. The first-order chi connectivity index (χ1) is 12.0. The second kappa shape index (κ2) is 9.25. The van der Waals surface area contributed by atoms with Gasteiger partial charge < -0.3 is 9.47 Å². The van der Waals surface area contributed by atoms with Gasteiger partial charge in [0, 0.05) is 5.56 Å². The number of benzene rings is 2. The molecule has 0 unspecified atom stereocenters. The van der Waals surface area contributed by atoms with Gasteiger partial charge in [-0.2, -0.15) is 0 Å². The minimum Gasteiger partial charge on any atom is -0.482 e. The number of hydrogen-bond acceptors (Lipinski definition) is 4. The largest absolute Gasteiger partial charge is 0.482 e. The molecule has 0 saturated heterocycles. The van der Waals surface area contributed by atoms with Crippen molar-refractivity contribution in [1.82, 2.24) is 0 Å². The van der Waals surface area contributed by atoms with Gasteiger partial charge in [-0.3, -0.25) is 4.79 Å². The number of rotatable bonds is 7. The molecule has 0 radical (unpaired) electrons. The average Bonchev–Trinajstić information content (AvgIpc) is 2.61. The Morgan fingerprint density at radius 1 is 1.04 bits per heavy atom. The van der Waals surface area contributed by atoms with Crippen molar-refractivity contribution < 1.29 is 19.1 Å². The molecule has 0 saturated carbocycles. The van der Waals surface area contributed by atoms with E-state index < -0.39 is 5.97 Å². The van der Waals surface area contributed by atoms with Crippen molar-refractivity contribution >= 4 is 41.0 Å². The van der Waals surface area contributed by atoms with E-state index in [2.05, 4.69) is 0 Å². The van der Waals surface area contributed by atoms with Crippen LogP contribution in [-0.2, 0) is 9.53 Å². The Balaban J connectivity index is 1.95. The molecule has 0 spiro atoms. The summed E-state index contributed by atoms with van der Waals surface area (Å²) < 4.78 is 10.1. The number of carbonyl (C=O) groups excluding carboxylic acids is 2. The number of esters is 1. The molecule has 0 atom stereocenters. The quantitative estimate of drug-likeness (QED) is 0.393. The summed E-state index contributed by atoms with van der Waals surface area (Å²) in [6, 6.07) is 11.7. The van der Waals surface area contributed by atoms with Gasteiger partial charge in [-0.15, -0.1) is 0 Å². The van der Waals surface area contributed by atoms with Gasteiger partial charge in [-0.1, -0.05) is 41.4 Å². The van der Waals surface area contributed by atoms with Crippen molar-refractivity contribution in [1.29, 1.82) is 0 Å². The summed E-state index contributed by atoms with van der Waals surface area (Å²) in [5, 5.41) is 0.740. The smallest absolute Gasteiger partial charge is 0.344 e. The van der Waals surface area contributed by atoms with Crippen molar-refractivity contribution in [2.24, 2.45) is 0 Å². The second-order valence-corrected chi connectivity index (χ2v) is 5.80. The molecular weight excluding hydrogens is 363 g/mol. The van der Waals surface area contributed by atoms with E-state index in [4.69, 9.17) is 32.7 Å². The molecular formula is C19H16Cl2O4. The number of hydrogen-bond donors (Lipinski definition) is 0. The fourth-order valence-electron chi connectivity index (χ4n) is 1.94. The molecule has 0 heterocycles. The van der Waals surface area contributed by atoms with Crippen molar-refractivity contribution in [3.8, 4) is 5.75 Å². The zero-order valence-electron chi connectivity index (χ0n) is 13.5. The Bertz CT molecular complexity index is 783. The fraction of sp³-hybridized carbons (Fsp3) is 0.158. The van der Waals surface area contributed by atoms with Gasteiger partial charge >= 0.3 is 5.97 Å². The van der Waals surface area contributed by atoms with E-state index in [-0.39, 0.29) is 12.4 Å². The van der Waals surface area contributed by atoms with Crippen molar-refractivity contribution in [2.75, 3.05) is 13.2 Å². The van der Waals surface area contributed by atoms with Crippen molar-refractivity contribution in [3.05, 3.63) is 69.7 Å². The highest BCUT2D eigenvalue weighted by Crippen LogP contribution is 2.23. The summed E-state index contributed by atoms with van der Waals surface area (Å²) in [5.74, 6) is -0.0547. The Hall–Kier alpha value is -2.30. The third kappa shape index (κ3) is 5.93. The van der Waals surface area contributed by atoms with E-state index in [1.807, 2.05) is 0 Å². The summed E-state index contributed by atoms with van der Waals surface area (Å²) in [6.45, 7) is 1.91. The summed E-state index contributed by atoms with van der Waals surface area (Å²) in [7, 11) is 0. The van der Waals surface area contributed by atoms with E-state index in [1.54, 1.807) is 49.4 Å². The summed E-state index contributed by atoms with van der Waals surface area (Å²) in [4.78, 5) is 23.3. The summed E-state index contributed by atoms with van der Waals surface area (Å²) in [5.41, 5.74) is 1.27. The monoisotopic (exact) mass is 378 g/mol. The van der Waals surface area contributed by atoms with Crippen LogP contribution >= 0.6 is 23.2 Å². The first-order valence-corrected chi connectivity index (χ1v) is 8.31. The molecule has 25 heavy (non-hydrogen) atoms. The molecule has 0 aliphatic rings. The summed E-state index contributed by atoms with van der Waals surface area (Å²) in [6.07, 6.45) is 3.13. The predicted molar refractivity (Wildman–Crippen MR) is 98.4 cm³/mol. The van der Waals surface area contributed by atoms with Crippen LogP contribution in [0.2, 0.25) is 10.0 Å². The van der Waals surface area contributed by atoms with E-state index in [1.165, 1.54) is 12.1 Å². The van der Waals surface area contributed by atoms with Crippen LogP contribution in [0.15, 0.2) is 48.5 Å². The molecule has 0 amide bonds.